The van der Waals surface area contributed by atoms with Crippen molar-refractivity contribution in [3.8, 4) is 11.3 Å². The number of rotatable bonds is 3. The first-order valence-electron chi connectivity index (χ1n) is 7.70. The van der Waals surface area contributed by atoms with Crippen LogP contribution in [0.25, 0.3) is 16.9 Å². The Morgan fingerprint density at radius 1 is 1.04 bits per heavy atom. The molecule has 0 aliphatic heterocycles. The Balaban J connectivity index is 0.00000208. The van der Waals surface area contributed by atoms with E-state index in [0.717, 1.165) is 28.2 Å². The standard InChI is InChI=1S/C19H21N3O.BrH/c1-13-5-8-15(9-6-13)19-16(11-18(23)21(3)4)22-12-14(2)7-10-17(22)20-19;/h5-10,12H,11H2,1-4H3;1H/p-1. The number of fused-ring (bicyclic) bond motifs is 1. The van der Waals surface area contributed by atoms with Crippen LogP contribution in [-0.4, -0.2) is 34.3 Å². The molecule has 0 unspecified atom stereocenters. The largest absolute Gasteiger partial charge is 1.00 e. The molecule has 2 aromatic heterocycles. The minimum atomic E-state index is 0. The topological polar surface area (TPSA) is 37.6 Å². The van der Waals surface area contributed by atoms with Crippen LogP contribution in [0.1, 0.15) is 16.8 Å². The number of hydrogen-bond acceptors (Lipinski definition) is 2. The van der Waals surface area contributed by atoms with E-state index in [2.05, 4.69) is 31.2 Å². The van der Waals surface area contributed by atoms with Crippen LogP contribution in [0.15, 0.2) is 42.6 Å². The maximum atomic E-state index is 12.3. The maximum absolute atomic E-state index is 12.3. The Bertz CT molecular complexity index is 866. The first-order chi connectivity index (χ1) is 11.0. The van der Waals surface area contributed by atoms with E-state index >= 15 is 0 Å². The summed E-state index contributed by atoms with van der Waals surface area (Å²) >= 11 is 0. The number of benzene rings is 1. The third-order valence-corrected chi connectivity index (χ3v) is 4.01. The SMILES string of the molecule is Cc1ccc(-c2nc3ccc(C)cn3c2CC(=O)N(C)C)cc1.[Br-]. The van der Waals surface area contributed by atoms with Crippen molar-refractivity contribution in [2.24, 2.45) is 0 Å². The first-order valence-corrected chi connectivity index (χ1v) is 7.70. The van der Waals surface area contributed by atoms with Gasteiger partial charge < -0.3 is 26.3 Å². The van der Waals surface area contributed by atoms with E-state index in [1.807, 2.05) is 29.7 Å². The number of carbonyl (C=O) groups is 1. The summed E-state index contributed by atoms with van der Waals surface area (Å²) in [5.41, 5.74) is 6.08. The Morgan fingerprint density at radius 2 is 1.67 bits per heavy atom. The van der Waals surface area contributed by atoms with Crippen LogP contribution in [0, 0.1) is 13.8 Å². The van der Waals surface area contributed by atoms with Gasteiger partial charge in [0.1, 0.15) is 5.65 Å². The highest BCUT2D eigenvalue weighted by atomic mass is 79.9. The zero-order valence-electron chi connectivity index (χ0n) is 14.4. The number of pyridine rings is 1. The second-order valence-corrected chi connectivity index (χ2v) is 6.17. The molecule has 0 bridgehead atoms. The number of nitrogens with zero attached hydrogens (tertiary/aromatic N) is 3. The molecule has 0 saturated heterocycles. The van der Waals surface area contributed by atoms with Crippen LogP contribution < -0.4 is 17.0 Å². The molecule has 0 fully saturated rings. The first kappa shape index (κ1) is 18.2. The van der Waals surface area contributed by atoms with Crippen molar-refractivity contribution in [2.75, 3.05) is 14.1 Å². The van der Waals surface area contributed by atoms with Gasteiger partial charge in [0, 0.05) is 25.9 Å². The third-order valence-electron chi connectivity index (χ3n) is 4.01. The second kappa shape index (κ2) is 7.18. The molecule has 0 aliphatic carbocycles. The lowest BCUT2D eigenvalue weighted by Crippen LogP contribution is -3.00. The zero-order chi connectivity index (χ0) is 16.6. The van der Waals surface area contributed by atoms with Crippen LogP contribution in [0.4, 0.5) is 0 Å². The molecule has 1 amide bonds. The molecule has 2 heterocycles. The maximum Gasteiger partial charge on any atom is 0.228 e. The molecular formula is C19H21BrN3O-. The van der Waals surface area contributed by atoms with Crippen molar-refractivity contribution in [3.05, 3.63) is 59.4 Å². The van der Waals surface area contributed by atoms with Crippen molar-refractivity contribution in [1.82, 2.24) is 14.3 Å². The average Bonchev–Trinajstić information content (AvgIpc) is 2.86. The fourth-order valence-electron chi connectivity index (χ4n) is 2.61. The molecular weight excluding hydrogens is 366 g/mol. The number of imidazole rings is 1. The monoisotopic (exact) mass is 386 g/mol. The Morgan fingerprint density at radius 3 is 2.29 bits per heavy atom. The van der Waals surface area contributed by atoms with E-state index in [4.69, 9.17) is 4.98 Å². The summed E-state index contributed by atoms with van der Waals surface area (Å²) in [6.07, 6.45) is 2.37. The highest BCUT2D eigenvalue weighted by Gasteiger charge is 2.18. The van der Waals surface area contributed by atoms with E-state index in [-0.39, 0.29) is 22.9 Å². The lowest BCUT2D eigenvalue weighted by Gasteiger charge is -2.11. The Hall–Kier alpha value is -2.14. The summed E-state index contributed by atoms with van der Waals surface area (Å²) < 4.78 is 2.03. The number of aromatic nitrogens is 2. The molecule has 0 N–H and O–H groups in total. The molecule has 3 aromatic rings. The number of amides is 1. The van der Waals surface area contributed by atoms with Crippen molar-refractivity contribution in [3.63, 3.8) is 0 Å². The van der Waals surface area contributed by atoms with Gasteiger partial charge >= 0.3 is 0 Å². The van der Waals surface area contributed by atoms with Crippen molar-refractivity contribution in [2.45, 2.75) is 20.3 Å². The van der Waals surface area contributed by atoms with Gasteiger partial charge in [0.15, 0.2) is 0 Å². The number of likely N-dealkylation sites (N-methyl/N-ethyl adjacent to an activating group) is 1. The molecule has 126 valence electrons. The van der Waals surface area contributed by atoms with Crippen LogP contribution in [0.3, 0.4) is 0 Å². The van der Waals surface area contributed by atoms with Gasteiger partial charge in [-0.2, -0.15) is 0 Å². The lowest BCUT2D eigenvalue weighted by molar-refractivity contribution is -0.128. The molecule has 0 saturated carbocycles. The predicted molar refractivity (Wildman–Crippen MR) is 92.5 cm³/mol. The molecule has 24 heavy (non-hydrogen) atoms. The summed E-state index contributed by atoms with van der Waals surface area (Å²) in [4.78, 5) is 18.6. The molecule has 0 spiro atoms. The van der Waals surface area contributed by atoms with Crippen LogP contribution in [-0.2, 0) is 11.2 Å². The van der Waals surface area contributed by atoms with E-state index in [9.17, 15) is 4.79 Å². The number of hydrogen-bond donors (Lipinski definition) is 0. The molecule has 0 aliphatic rings. The molecule has 3 rings (SSSR count). The minimum absolute atomic E-state index is 0. The summed E-state index contributed by atoms with van der Waals surface area (Å²) in [6, 6.07) is 12.3. The quantitative estimate of drug-likeness (QED) is 0.647. The van der Waals surface area contributed by atoms with Crippen LogP contribution in [0.2, 0.25) is 0 Å². The van der Waals surface area contributed by atoms with E-state index < -0.39 is 0 Å². The van der Waals surface area contributed by atoms with Gasteiger partial charge in [0.2, 0.25) is 5.91 Å². The molecule has 0 atom stereocenters. The van der Waals surface area contributed by atoms with Gasteiger partial charge in [-0.15, -0.1) is 0 Å². The van der Waals surface area contributed by atoms with Crippen LogP contribution >= 0.6 is 0 Å². The Kier molecular flexibility index (Phi) is 5.44. The van der Waals surface area contributed by atoms with Gasteiger partial charge in [0.25, 0.3) is 0 Å². The summed E-state index contributed by atoms with van der Waals surface area (Å²) in [5.74, 6) is 0.0710. The molecule has 0 radical (unpaired) electrons. The van der Waals surface area contributed by atoms with Gasteiger partial charge in [-0.1, -0.05) is 35.9 Å². The van der Waals surface area contributed by atoms with Crippen LogP contribution in [0.5, 0.6) is 0 Å². The number of halogens is 1. The van der Waals surface area contributed by atoms with Crippen molar-refractivity contribution in [1.29, 1.82) is 0 Å². The normalized spacial score (nSPS) is 10.5. The predicted octanol–water partition coefficient (Wildman–Crippen LogP) is 0.253. The highest BCUT2D eigenvalue weighted by molar-refractivity contribution is 5.81. The summed E-state index contributed by atoms with van der Waals surface area (Å²) in [7, 11) is 3.56. The third kappa shape index (κ3) is 3.51. The molecule has 4 nitrogen and oxygen atoms in total. The van der Waals surface area contributed by atoms with Crippen molar-refractivity contribution < 1.29 is 21.8 Å². The average molecular weight is 387 g/mol. The fraction of sp³-hybridized carbons (Fsp3) is 0.263. The summed E-state index contributed by atoms with van der Waals surface area (Å²) in [6.45, 7) is 4.11. The zero-order valence-corrected chi connectivity index (χ0v) is 16.0. The number of aryl methyl sites for hydroxylation is 2. The van der Waals surface area contributed by atoms with Gasteiger partial charge in [0.05, 0.1) is 17.8 Å². The number of carbonyl (C=O) groups excluding carboxylic acids is 1. The highest BCUT2D eigenvalue weighted by Crippen LogP contribution is 2.26. The van der Waals surface area contributed by atoms with E-state index in [1.54, 1.807) is 19.0 Å². The summed E-state index contributed by atoms with van der Waals surface area (Å²) in [5, 5.41) is 0. The fourth-order valence-corrected chi connectivity index (χ4v) is 2.61. The lowest BCUT2D eigenvalue weighted by atomic mass is 10.1. The molecule has 1 aromatic carbocycles. The molecule has 5 heteroatoms. The van der Waals surface area contributed by atoms with Gasteiger partial charge in [-0.05, 0) is 25.5 Å². The van der Waals surface area contributed by atoms with E-state index in [0.29, 0.717) is 6.42 Å². The van der Waals surface area contributed by atoms with Gasteiger partial charge in [-0.3, -0.25) is 4.79 Å². The van der Waals surface area contributed by atoms with Gasteiger partial charge in [-0.25, -0.2) is 4.98 Å². The van der Waals surface area contributed by atoms with Crippen molar-refractivity contribution >= 4 is 11.6 Å². The smallest absolute Gasteiger partial charge is 0.228 e. The van der Waals surface area contributed by atoms with E-state index in [1.165, 1.54) is 5.56 Å². The second-order valence-electron chi connectivity index (χ2n) is 6.17. The minimum Gasteiger partial charge on any atom is -1.00 e. The Labute approximate surface area is 152 Å².